The smallest absolute Gasteiger partial charge is 0.121 e. The van der Waals surface area contributed by atoms with Crippen molar-refractivity contribution in [2.75, 3.05) is 6.54 Å². The Labute approximate surface area is 165 Å². The van der Waals surface area contributed by atoms with E-state index in [0.717, 1.165) is 5.69 Å². The first-order valence-electron chi connectivity index (χ1n) is 9.43. The van der Waals surface area contributed by atoms with E-state index in [1.54, 1.807) is 0 Å². The maximum absolute atomic E-state index is 5.62. The third-order valence-electron chi connectivity index (χ3n) is 4.99. The molecule has 0 radical (unpaired) electrons. The zero-order valence-electron chi connectivity index (χ0n) is 15.6. The van der Waals surface area contributed by atoms with Crippen molar-refractivity contribution in [3.8, 4) is 0 Å². The lowest BCUT2D eigenvalue weighted by atomic mass is 9.77. The summed E-state index contributed by atoms with van der Waals surface area (Å²) in [6, 6.07) is 31.7. The molecule has 3 heteroatoms. The molecule has 3 nitrogen and oxygen atoms in total. The summed E-state index contributed by atoms with van der Waals surface area (Å²) in [7, 11) is 0. The van der Waals surface area contributed by atoms with Gasteiger partial charge in [-0.1, -0.05) is 97.1 Å². The molecule has 3 aromatic carbocycles. The van der Waals surface area contributed by atoms with Gasteiger partial charge in [0.15, 0.2) is 0 Å². The van der Waals surface area contributed by atoms with Crippen LogP contribution in [0.4, 0.5) is 0 Å². The molecule has 0 aliphatic rings. The van der Waals surface area contributed by atoms with E-state index in [-0.39, 0.29) is 0 Å². The maximum atomic E-state index is 5.62. The van der Waals surface area contributed by atoms with Crippen LogP contribution in [0.5, 0.6) is 0 Å². The normalized spacial score (nSPS) is 11.8. The molecule has 0 bridgehead atoms. The number of nitrogens with two attached hydrogens (primary N) is 1. The Bertz CT molecular complexity index is 938. The van der Waals surface area contributed by atoms with Crippen molar-refractivity contribution in [3.63, 3.8) is 0 Å². The minimum absolute atomic E-state index is 0.494. The number of benzene rings is 3. The van der Waals surface area contributed by atoms with Gasteiger partial charge in [-0.15, -0.1) is 0 Å². The monoisotopic (exact) mass is 365 g/mol. The molecule has 0 saturated heterocycles. The van der Waals surface area contributed by atoms with Gasteiger partial charge in [0, 0.05) is 12.7 Å². The van der Waals surface area contributed by atoms with Gasteiger partial charge in [0.05, 0.1) is 12.0 Å². The van der Waals surface area contributed by atoms with Gasteiger partial charge >= 0.3 is 0 Å². The quantitative estimate of drug-likeness (QED) is 0.504. The van der Waals surface area contributed by atoms with Crippen LogP contribution in [0.25, 0.3) is 6.08 Å². The van der Waals surface area contributed by atoms with E-state index in [2.05, 4.69) is 88.5 Å². The van der Waals surface area contributed by atoms with Crippen molar-refractivity contribution < 1.29 is 0 Å². The standard InChI is InChI=1S/C25H23N3/c26-18-10-17-24-19-28(20-27-24)25(21-11-4-1-5-12-21,22-13-6-2-7-14-22)23-15-8-3-9-16-23/h1-17,19-20H,18,26H2/b17-10+. The van der Waals surface area contributed by atoms with E-state index in [9.17, 15) is 0 Å². The highest BCUT2D eigenvalue weighted by Crippen LogP contribution is 2.40. The van der Waals surface area contributed by atoms with Crippen LogP contribution in [0.1, 0.15) is 22.4 Å². The summed E-state index contributed by atoms with van der Waals surface area (Å²) in [5.74, 6) is 0. The first kappa shape index (κ1) is 18.0. The number of hydrogen-bond donors (Lipinski definition) is 1. The van der Waals surface area contributed by atoms with Crippen LogP contribution in [0.3, 0.4) is 0 Å². The summed E-state index contributed by atoms with van der Waals surface area (Å²) in [5.41, 5.74) is 9.52. The summed E-state index contributed by atoms with van der Waals surface area (Å²) < 4.78 is 2.20. The lowest BCUT2D eigenvalue weighted by Gasteiger charge is -2.37. The van der Waals surface area contributed by atoms with E-state index in [0.29, 0.717) is 6.54 Å². The van der Waals surface area contributed by atoms with Crippen molar-refractivity contribution in [1.29, 1.82) is 0 Å². The molecule has 138 valence electrons. The van der Waals surface area contributed by atoms with Crippen LogP contribution in [0, 0.1) is 0 Å². The van der Waals surface area contributed by atoms with Crippen LogP contribution in [0.2, 0.25) is 0 Å². The van der Waals surface area contributed by atoms with E-state index in [1.807, 2.05) is 36.7 Å². The molecule has 0 unspecified atom stereocenters. The van der Waals surface area contributed by atoms with Crippen molar-refractivity contribution in [2.45, 2.75) is 5.54 Å². The summed E-state index contributed by atoms with van der Waals surface area (Å²) in [6.45, 7) is 0.494. The second kappa shape index (κ2) is 8.07. The summed E-state index contributed by atoms with van der Waals surface area (Å²) >= 11 is 0. The van der Waals surface area contributed by atoms with Gasteiger partial charge in [-0.3, -0.25) is 0 Å². The fraction of sp³-hybridized carbons (Fsp3) is 0.0800. The summed E-state index contributed by atoms with van der Waals surface area (Å²) in [5, 5.41) is 0. The molecule has 0 atom stereocenters. The topological polar surface area (TPSA) is 43.8 Å². The highest BCUT2D eigenvalue weighted by molar-refractivity contribution is 5.52. The molecule has 0 fully saturated rings. The SMILES string of the molecule is NC/C=C/c1cn(C(c2ccccc2)(c2ccccc2)c2ccccc2)cn1. The molecule has 0 aliphatic carbocycles. The molecule has 0 spiro atoms. The number of rotatable bonds is 6. The second-order valence-electron chi connectivity index (χ2n) is 6.65. The molecule has 0 saturated carbocycles. The summed E-state index contributed by atoms with van der Waals surface area (Å²) in [4.78, 5) is 4.62. The van der Waals surface area contributed by atoms with Gasteiger partial charge in [0.2, 0.25) is 0 Å². The van der Waals surface area contributed by atoms with Crippen molar-refractivity contribution in [1.82, 2.24) is 9.55 Å². The molecular weight excluding hydrogens is 342 g/mol. The van der Waals surface area contributed by atoms with Gasteiger partial charge in [0.25, 0.3) is 0 Å². The Balaban J connectivity index is 2.04. The van der Waals surface area contributed by atoms with Crippen LogP contribution in [-0.2, 0) is 5.54 Å². The molecule has 4 aromatic rings. The van der Waals surface area contributed by atoms with Crippen molar-refractivity contribution in [2.24, 2.45) is 5.73 Å². The van der Waals surface area contributed by atoms with Crippen molar-refractivity contribution >= 4 is 6.08 Å². The second-order valence-corrected chi connectivity index (χ2v) is 6.65. The predicted octanol–water partition coefficient (Wildman–Crippen LogP) is 4.70. The van der Waals surface area contributed by atoms with E-state index in [1.165, 1.54) is 16.7 Å². The Morgan fingerprint density at radius 3 is 1.64 bits per heavy atom. The Hall–Kier alpha value is -3.43. The van der Waals surface area contributed by atoms with Crippen LogP contribution >= 0.6 is 0 Å². The molecule has 1 heterocycles. The van der Waals surface area contributed by atoms with E-state index >= 15 is 0 Å². The van der Waals surface area contributed by atoms with Crippen LogP contribution in [-0.4, -0.2) is 16.1 Å². The zero-order chi connectivity index (χ0) is 19.2. The summed E-state index contributed by atoms with van der Waals surface area (Å²) in [6.07, 6.45) is 7.87. The average molecular weight is 365 g/mol. The largest absolute Gasteiger partial charge is 0.327 e. The predicted molar refractivity (Wildman–Crippen MR) is 115 cm³/mol. The Morgan fingerprint density at radius 2 is 1.21 bits per heavy atom. The highest BCUT2D eigenvalue weighted by atomic mass is 15.1. The minimum atomic E-state index is -0.522. The molecule has 4 rings (SSSR count). The van der Waals surface area contributed by atoms with Gasteiger partial charge in [-0.05, 0) is 22.8 Å². The Kier molecular flexibility index (Phi) is 5.18. The third-order valence-corrected chi connectivity index (χ3v) is 4.99. The van der Waals surface area contributed by atoms with Gasteiger partial charge in [-0.25, -0.2) is 4.98 Å². The number of nitrogens with zero attached hydrogens (tertiary/aromatic N) is 2. The molecular formula is C25H23N3. The molecule has 1 aromatic heterocycles. The minimum Gasteiger partial charge on any atom is -0.327 e. The highest BCUT2D eigenvalue weighted by Gasteiger charge is 2.38. The zero-order valence-corrected chi connectivity index (χ0v) is 15.6. The number of hydrogen-bond acceptors (Lipinski definition) is 2. The fourth-order valence-electron chi connectivity index (χ4n) is 3.78. The fourth-order valence-corrected chi connectivity index (χ4v) is 3.78. The molecule has 2 N–H and O–H groups in total. The third kappa shape index (κ3) is 3.17. The van der Waals surface area contributed by atoms with Gasteiger partial charge in [-0.2, -0.15) is 0 Å². The first-order valence-corrected chi connectivity index (χ1v) is 9.43. The number of imidazole rings is 1. The van der Waals surface area contributed by atoms with E-state index < -0.39 is 5.54 Å². The lowest BCUT2D eigenvalue weighted by molar-refractivity contribution is 0.514. The molecule has 0 aliphatic heterocycles. The van der Waals surface area contributed by atoms with Crippen LogP contribution in [0.15, 0.2) is 110 Å². The van der Waals surface area contributed by atoms with Crippen molar-refractivity contribution in [3.05, 3.63) is 132 Å². The maximum Gasteiger partial charge on any atom is 0.121 e. The Morgan fingerprint density at radius 1 is 0.750 bits per heavy atom. The average Bonchev–Trinajstić information content (AvgIpc) is 3.24. The lowest BCUT2D eigenvalue weighted by Crippen LogP contribution is -2.36. The molecule has 28 heavy (non-hydrogen) atoms. The van der Waals surface area contributed by atoms with E-state index in [4.69, 9.17) is 5.73 Å². The van der Waals surface area contributed by atoms with Crippen LogP contribution < -0.4 is 5.73 Å². The molecule has 0 amide bonds. The van der Waals surface area contributed by atoms with Gasteiger partial charge in [0.1, 0.15) is 5.54 Å². The van der Waals surface area contributed by atoms with Gasteiger partial charge < -0.3 is 10.3 Å². The first-order chi connectivity index (χ1) is 13.9. The number of aromatic nitrogens is 2.